The van der Waals surface area contributed by atoms with Crippen LogP contribution in [-0.2, 0) is 19.4 Å². The van der Waals surface area contributed by atoms with E-state index < -0.39 is 0 Å². The summed E-state index contributed by atoms with van der Waals surface area (Å²) in [5.41, 5.74) is 3.79. The number of carbonyl (C=O) groups is 1. The molecule has 0 bridgehead atoms. The highest BCUT2D eigenvalue weighted by molar-refractivity contribution is 5.94. The Morgan fingerprint density at radius 2 is 1.47 bits per heavy atom. The van der Waals surface area contributed by atoms with E-state index in [0.717, 1.165) is 30.4 Å². The van der Waals surface area contributed by atoms with Crippen LogP contribution in [0, 0.1) is 0 Å². The molecule has 0 atom stereocenters. The Bertz CT molecular complexity index is 1070. The lowest BCUT2D eigenvalue weighted by Crippen LogP contribution is -2.22. The molecule has 4 rings (SSSR count). The fourth-order valence-electron chi connectivity index (χ4n) is 3.21. The van der Waals surface area contributed by atoms with Crippen LogP contribution >= 0.6 is 0 Å². The number of amides is 1. The second-order valence-corrected chi connectivity index (χ2v) is 7.10. The minimum Gasteiger partial charge on any atom is -0.348 e. The van der Waals surface area contributed by atoms with Gasteiger partial charge in [-0.05, 0) is 36.1 Å². The van der Waals surface area contributed by atoms with Gasteiger partial charge in [0.05, 0.1) is 0 Å². The first-order chi connectivity index (χ1) is 14.8. The lowest BCUT2D eigenvalue weighted by atomic mass is 10.1. The largest absolute Gasteiger partial charge is 0.348 e. The molecule has 0 fully saturated rings. The van der Waals surface area contributed by atoms with E-state index in [1.807, 2.05) is 60.7 Å². The van der Waals surface area contributed by atoms with Gasteiger partial charge >= 0.3 is 0 Å². The fourth-order valence-corrected chi connectivity index (χ4v) is 3.21. The quantitative estimate of drug-likeness (QED) is 0.462. The van der Waals surface area contributed by atoms with Crippen molar-refractivity contribution >= 4 is 5.91 Å². The summed E-state index contributed by atoms with van der Waals surface area (Å²) in [6.07, 6.45) is 2.67. The highest BCUT2D eigenvalue weighted by atomic mass is 16.5. The van der Waals surface area contributed by atoms with Gasteiger partial charge < -0.3 is 9.84 Å². The maximum Gasteiger partial charge on any atom is 0.251 e. The van der Waals surface area contributed by atoms with Crippen molar-refractivity contribution in [1.82, 2.24) is 15.5 Å². The van der Waals surface area contributed by atoms with Gasteiger partial charge in [-0.25, -0.2) is 0 Å². The number of carbonyl (C=O) groups excluding carboxylic acids is 1. The van der Waals surface area contributed by atoms with Crippen molar-refractivity contribution < 1.29 is 9.32 Å². The molecule has 0 spiro atoms. The van der Waals surface area contributed by atoms with Gasteiger partial charge in [-0.1, -0.05) is 78.0 Å². The van der Waals surface area contributed by atoms with E-state index >= 15 is 0 Å². The summed E-state index contributed by atoms with van der Waals surface area (Å²) in [5, 5.41) is 7.00. The molecule has 1 heterocycles. The molecule has 0 unspecified atom stereocenters. The molecule has 0 aliphatic rings. The van der Waals surface area contributed by atoms with E-state index in [0.29, 0.717) is 23.8 Å². The summed E-state index contributed by atoms with van der Waals surface area (Å²) in [6.45, 7) is 0.499. The minimum absolute atomic E-state index is 0.111. The lowest BCUT2D eigenvalue weighted by molar-refractivity contribution is 0.0951. The third-order valence-corrected chi connectivity index (χ3v) is 4.87. The van der Waals surface area contributed by atoms with E-state index in [1.165, 1.54) is 5.56 Å². The van der Waals surface area contributed by atoms with Crippen LogP contribution in [0.2, 0.25) is 0 Å². The number of nitrogens with zero attached hydrogens (tertiary/aromatic N) is 2. The first kappa shape index (κ1) is 19.6. The number of benzene rings is 3. The van der Waals surface area contributed by atoms with Crippen LogP contribution in [0.4, 0.5) is 0 Å². The van der Waals surface area contributed by atoms with Crippen molar-refractivity contribution in [2.75, 3.05) is 0 Å². The third-order valence-electron chi connectivity index (χ3n) is 4.87. The third kappa shape index (κ3) is 5.20. The summed E-state index contributed by atoms with van der Waals surface area (Å²) in [4.78, 5) is 16.8. The molecular weight excluding hydrogens is 374 g/mol. The number of nitrogens with one attached hydrogen (secondary N) is 1. The Hall–Kier alpha value is -3.73. The molecule has 150 valence electrons. The van der Waals surface area contributed by atoms with Crippen molar-refractivity contribution in [2.24, 2.45) is 0 Å². The van der Waals surface area contributed by atoms with E-state index in [-0.39, 0.29) is 5.91 Å². The summed E-state index contributed by atoms with van der Waals surface area (Å²) in [6, 6.07) is 27.4. The van der Waals surface area contributed by atoms with Crippen molar-refractivity contribution in [3.8, 4) is 11.4 Å². The van der Waals surface area contributed by atoms with Crippen LogP contribution < -0.4 is 5.32 Å². The molecule has 3 aromatic carbocycles. The zero-order valence-electron chi connectivity index (χ0n) is 16.6. The second-order valence-electron chi connectivity index (χ2n) is 7.10. The predicted octanol–water partition coefficient (Wildman–Crippen LogP) is 4.84. The summed E-state index contributed by atoms with van der Waals surface area (Å²) in [7, 11) is 0. The van der Waals surface area contributed by atoms with Crippen LogP contribution in [0.1, 0.15) is 33.8 Å². The standard InChI is InChI=1S/C25H23N3O2/c29-25(26-18-20-10-5-2-6-11-20)22-16-14-21(15-17-22)24-27-23(30-28-24)13-7-12-19-8-3-1-4-9-19/h1-6,8-11,14-17H,7,12-13,18H2,(H,26,29). The molecule has 5 nitrogen and oxygen atoms in total. The highest BCUT2D eigenvalue weighted by Gasteiger charge is 2.10. The van der Waals surface area contributed by atoms with Gasteiger partial charge in [0, 0.05) is 24.1 Å². The Morgan fingerprint density at radius 3 is 2.17 bits per heavy atom. The first-order valence-electron chi connectivity index (χ1n) is 10.1. The molecule has 0 aliphatic carbocycles. The molecule has 5 heteroatoms. The monoisotopic (exact) mass is 397 g/mol. The Labute approximate surface area is 175 Å². The van der Waals surface area contributed by atoms with Crippen molar-refractivity contribution in [3.63, 3.8) is 0 Å². The van der Waals surface area contributed by atoms with Crippen LogP contribution in [0.25, 0.3) is 11.4 Å². The molecule has 0 radical (unpaired) electrons. The van der Waals surface area contributed by atoms with E-state index in [1.54, 1.807) is 12.1 Å². The van der Waals surface area contributed by atoms with E-state index in [9.17, 15) is 4.79 Å². The van der Waals surface area contributed by atoms with Gasteiger partial charge in [0.2, 0.25) is 11.7 Å². The van der Waals surface area contributed by atoms with Gasteiger partial charge in [0.25, 0.3) is 5.91 Å². The van der Waals surface area contributed by atoms with Crippen LogP contribution in [0.3, 0.4) is 0 Å². The van der Waals surface area contributed by atoms with Gasteiger partial charge in [-0.2, -0.15) is 4.98 Å². The van der Waals surface area contributed by atoms with Crippen LogP contribution in [-0.4, -0.2) is 16.0 Å². The predicted molar refractivity (Wildman–Crippen MR) is 116 cm³/mol. The van der Waals surface area contributed by atoms with Gasteiger partial charge in [-0.15, -0.1) is 0 Å². The Kier molecular flexibility index (Phi) is 6.30. The maximum atomic E-state index is 12.3. The molecule has 1 N–H and O–H groups in total. The molecule has 30 heavy (non-hydrogen) atoms. The number of aromatic nitrogens is 2. The van der Waals surface area contributed by atoms with E-state index in [4.69, 9.17) is 4.52 Å². The minimum atomic E-state index is -0.111. The second kappa shape index (κ2) is 9.65. The van der Waals surface area contributed by atoms with Crippen molar-refractivity contribution in [3.05, 3.63) is 108 Å². The Balaban J connectivity index is 1.31. The summed E-state index contributed by atoms with van der Waals surface area (Å²) < 4.78 is 5.38. The first-order valence-corrected chi connectivity index (χ1v) is 10.1. The zero-order chi connectivity index (χ0) is 20.6. The molecule has 0 saturated heterocycles. The van der Waals surface area contributed by atoms with E-state index in [2.05, 4.69) is 27.6 Å². The maximum absolute atomic E-state index is 12.3. The van der Waals surface area contributed by atoms with Gasteiger partial charge in [-0.3, -0.25) is 4.79 Å². The summed E-state index contributed by atoms with van der Waals surface area (Å²) in [5.74, 6) is 1.06. The Morgan fingerprint density at radius 1 is 0.800 bits per heavy atom. The average molecular weight is 397 g/mol. The van der Waals surface area contributed by atoms with Crippen LogP contribution in [0.15, 0.2) is 89.5 Å². The number of hydrogen-bond acceptors (Lipinski definition) is 4. The normalized spacial score (nSPS) is 10.7. The topological polar surface area (TPSA) is 68.0 Å². The average Bonchev–Trinajstić information content (AvgIpc) is 3.28. The molecule has 1 aromatic heterocycles. The molecule has 1 amide bonds. The lowest BCUT2D eigenvalue weighted by Gasteiger charge is -2.05. The molecule has 4 aromatic rings. The summed E-state index contributed by atoms with van der Waals surface area (Å²) >= 11 is 0. The number of hydrogen-bond donors (Lipinski definition) is 1. The molecular formula is C25H23N3O2. The highest BCUT2D eigenvalue weighted by Crippen LogP contribution is 2.18. The van der Waals surface area contributed by atoms with Gasteiger partial charge in [0.15, 0.2) is 0 Å². The molecule has 0 aliphatic heterocycles. The van der Waals surface area contributed by atoms with Crippen molar-refractivity contribution in [1.29, 1.82) is 0 Å². The zero-order valence-corrected chi connectivity index (χ0v) is 16.6. The van der Waals surface area contributed by atoms with Gasteiger partial charge in [0.1, 0.15) is 0 Å². The number of aryl methyl sites for hydroxylation is 2. The van der Waals surface area contributed by atoms with Crippen molar-refractivity contribution in [2.45, 2.75) is 25.8 Å². The molecule has 0 saturated carbocycles. The van der Waals surface area contributed by atoms with Crippen LogP contribution in [0.5, 0.6) is 0 Å². The smallest absolute Gasteiger partial charge is 0.251 e. The SMILES string of the molecule is O=C(NCc1ccccc1)c1ccc(-c2noc(CCCc3ccccc3)n2)cc1. The fraction of sp³-hybridized carbons (Fsp3) is 0.160. The number of rotatable bonds is 8.